The maximum absolute atomic E-state index is 10.00. The molecule has 0 aliphatic rings. The highest BCUT2D eigenvalue weighted by molar-refractivity contribution is 7.99. The van der Waals surface area contributed by atoms with Crippen molar-refractivity contribution in [3.63, 3.8) is 0 Å². The molecule has 0 fully saturated rings. The van der Waals surface area contributed by atoms with Gasteiger partial charge in [0.05, 0.1) is 11.1 Å². The van der Waals surface area contributed by atoms with Gasteiger partial charge in [-0.3, -0.25) is 4.98 Å². The Kier molecular flexibility index (Phi) is 4.87. The van der Waals surface area contributed by atoms with Crippen molar-refractivity contribution in [2.75, 3.05) is 5.73 Å². The first kappa shape index (κ1) is 18.5. The van der Waals surface area contributed by atoms with E-state index in [1.165, 1.54) is 11.8 Å². The summed E-state index contributed by atoms with van der Waals surface area (Å²) in [5.74, 6) is 0.108. The number of hydrogen-bond donors (Lipinski definition) is 1. The second-order valence-corrected chi connectivity index (χ2v) is 7.50. The summed E-state index contributed by atoms with van der Waals surface area (Å²) in [6.45, 7) is 2.01. The first-order valence-corrected chi connectivity index (χ1v) is 9.66. The summed E-state index contributed by atoms with van der Waals surface area (Å²) in [5, 5.41) is 21.1. The van der Waals surface area contributed by atoms with Gasteiger partial charge in [-0.1, -0.05) is 47.7 Å². The highest BCUT2D eigenvalue weighted by atomic mass is 32.2. The molecular formula is C23H15N5S. The lowest BCUT2D eigenvalue weighted by atomic mass is 9.94. The number of aryl methyl sites for hydroxylation is 1. The van der Waals surface area contributed by atoms with Crippen LogP contribution in [0.15, 0.2) is 70.7 Å². The molecule has 0 unspecified atom stereocenters. The summed E-state index contributed by atoms with van der Waals surface area (Å²) in [5.41, 5.74) is 9.83. The number of fused-ring (bicyclic) bond motifs is 1. The molecule has 29 heavy (non-hydrogen) atoms. The zero-order chi connectivity index (χ0) is 20.4. The summed E-state index contributed by atoms with van der Waals surface area (Å²) in [4.78, 5) is 9.70. The van der Waals surface area contributed by atoms with E-state index in [4.69, 9.17) is 5.73 Å². The first-order chi connectivity index (χ1) is 14.1. The van der Waals surface area contributed by atoms with Crippen LogP contribution in [0.1, 0.15) is 16.7 Å². The average molecular weight is 393 g/mol. The van der Waals surface area contributed by atoms with E-state index >= 15 is 0 Å². The summed E-state index contributed by atoms with van der Waals surface area (Å²) in [7, 11) is 0. The van der Waals surface area contributed by atoms with Crippen LogP contribution in [0, 0.1) is 29.6 Å². The SMILES string of the molecule is Cc1ccc(Sc2nc(N)c(C#N)c(-c3ccnc4ccccc34)c2C#N)cc1. The molecule has 4 rings (SSSR count). The number of nitrogens with two attached hydrogens (primary N) is 1. The number of nitriles is 2. The average Bonchev–Trinajstić information content (AvgIpc) is 2.74. The second-order valence-electron chi connectivity index (χ2n) is 6.44. The van der Waals surface area contributed by atoms with Crippen molar-refractivity contribution in [2.45, 2.75) is 16.8 Å². The minimum absolute atomic E-state index is 0.108. The van der Waals surface area contributed by atoms with Crippen molar-refractivity contribution in [2.24, 2.45) is 0 Å². The number of nitrogen functional groups attached to an aromatic ring is 1. The van der Waals surface area contributed by atoms with E-state index in [-0.39, 0.29) is 11.4 Å². The molecule has 5 nitrogen and oxygen atoms in total. The topological polar surface area (TPSA) is 99.4 Å². The lowest BCUT2D eigenvalue weighted by Gasteiger charge is -2.14. The number of benzene rings is 2. The molecule has 0 bridgehead atoms. The van der Waals surface area contributed by atoms with Gasteiger partial charge in [0.2, 0.25) is 0 Å². The van der Waals surface area contributed by atoms with E-state index in [9.17, 15) is 10.5 Å². The Balaban J connectivity index is 2.00. The number of rotatable bonds is 3. The summed E-state index contributed by atoms with van der Waals surface area (Å²) < 4.78 is 0. The maximum atomic E-state index is 10.00. The van der Waals surface area contributed by atoms with Gasteiger partial charge in [-0.05, 0) is 36.8 Å². The van der Waals surface area contributed by atoms with Crippen LogP contribution in [-0.2, 0) is 0 Å². The predicted molar refractivity (Wildman–Crippen MR) is 114 cm³/mol. The first-order valence-electron chi connectivity index (χ1n) is 8.84. The van der Waals surface area contributed by atoms with Crippen LogP contribution in [-0.4, -0.2) is 9.97 Å². The fourth-order valence-corrected chi connectivity index (χ4v) is 4.06. The highest BCUT2D eigenvalue weighted by Gasteiger charge is 2.22. The van der Waals surface area contributed by atoms with Crippen LogP contribution in [0.3, 0.4) is 0 Å². The lowest BCUT2D eigenvalue weighted by Crippen LogP contribution is -2.03. The molecule has 0 saturated carbocycles. The van der Waals surface area contributed by atoms with Crippen LogP contribution in [0.25, 0.3) is 22.0 Å². The van der Waals surface area contributed by atoms with Gasteiger partial charge >= 0.3 is 0 Å². The molecule has 0 saturated heterocycles. The molecular weight excluding hydrogens is 378 g/mol. The fraction of sp³-hybridized carbons (Fsp3) is 0.0435. The van der Waals surface area contributed by atoms with Gasteiger partial charge in [-0.25, -0.2) is 4.98 Å². The zero-order valence-corrected chi connectivity index (χ0v) is 16.4. The molecule has 0 spiro atoms. The normalized spacial score (nSPS) is 10.4. The molecule has 0 amide bonds. The van der Waals surface area contributed by atoms with Crippen molar-refractivity contribution < 1.29 is 0 Å². The number of aromatic nitrogens is 2. The molecule has 2 aromatic carbocycles. The highest BCUT2D eigenvalue weighted by Crippen LogP contribution is 2.40. The molecule has 0 aliphatic carbocycles. The third-order valence-electron chi connectivity index (χ3n) is 4.57. The van der Waals surface area contributed by atoms with Crippen molar-refractivity contribution >= 4 is 28.5 Å². The van der Waals surface area contributed by atoms with E-state index < -0.39 is 0 Å². The number of nitrogens with zero attached hydrogens (tertiary/aromatic N) is 4. The van der Waals surface area contributed by atoms with Crippen LogP contribution in [0.4, 0.5) is 5.82 Å². The Hall–Kier alpha value is -3.87. The Morgan fingerprint density at radius 2 is 1.66 bits per heavy atom. The standard InChI is InChI=1S/C23H15N5S/c1-14-6-8-15(9-7-14)29-23-19(13-25)21(18(12-24)22(26)28-23)17-10-11-27-20-5-3-2-4-16(17)20/h2-11H,1H3,(H2,26,28). The second kappa shape index (κ2) is 7.63. The maximum Gasteiger partial charge on any atom is 0.143 e. The van der Waals surface area contributed by atoms with E-state index in [0.29, 0.717) is 16.2 Å². The van der Waals surface area contributed by atoms with Crippen LogP contribution in [0.2, 0.25) is 0 Å². The van der Waals surface area contributed by atoms with E-state index in [1.54, 1.807) is 12.3 Å². The summed E-state index contributed by atoms with van der Waals surface area (Å²) in [6.07, 6.45) is 1.67. The molecule has 138 valence electrons. The molecule has 4 aromatic rings. The zero-order valence-electron chi connectivity index (χ0n) is 15.5. The molecule has 0 atom stereocenters. The van der Waals surface area contributed by atoms with E-state index in [2.05, 4.69) is 22.1 Å². The minimum atomic E-state index is 0.108. The third kappa shape index (κ3) is 3.38. The van der Waals surface area contributed by atoms with Crippen molar-refractivity contribution in [1.29, 1.82) is 10.5 Å². The lowest BCUT2D eigenvalue weighted by molar-refractivity contribution is 1.11. The third-order valence-corrected chi connectivity index (χ3v) is 5.57. The quantitative estimate of drug-likeness (QED) is 0.521. The molecule has 2 N–H and O–H groups in total. The number of para-hydroxylation sites is 1. The smallest absolute Gasteiger partial charge is 0.143 e. The Bertz CT molecular complexity index is 1310. The summed E-state index contributed by atoms with van der Waals surface area (Å²) >= 11 is 1.36. The monoisotopic (exact) mass is 393 g/mol. The Morgan fingerprint density at radius 3 is 2.38 bits per heavy atom. The van der Waals surface area contributed by atoms with Gasteiger partial charge in [-0.2, -0.15) is 10.5 Å². The number of pyridine rings is 2. The minimum Gasteiger partial charge on any atom is -0.383 e. The van der Waals surface area contributed by atoms with Crippen LogP contribution < -0.4 is 5.73 Å². The largest absolute Gasteiger partial charge is 0.383 e. The van der Waals surface area contributed by atoms with Crippen molar-refractivity contribution in [1.82, 2.24) is 9.97 Å². The van der Waals surface area contributed by atoms with Crippen molar-refractivity contribution in [3.05, 3.63) is 77.5 Å². The Labute approximate surface area is 172 Å². The molecule has 6 heteroatoms. The van der Waals surface area contributed by atoms with Gasteiger partial charge in [0, 0.05) is 22.0 Å². The van der Waals surface area contributed by atoms with E-state index in [1.807, 2.05) is 55.5 Å². The molecule has 2 aromatic heterocycles. The number of anilines is 1. The predicted octanol–water partition coefficient (Wildman–Crippen LogP) is 5.08. The van der Waals surface area contributed by atoms with Gasteiger partial charge in [0.15, 0.2) is 0 Å². The molecule has 2 heterocycles. The van der Waals surface area contributed by atoms with Crippen LogP contribution >= 0.6 is 11.8 Å². The summed E-state index contributed by atoms with van der Waals surface area (Å²) in [6, 6.07) is 21.7. The molecule has 0 radical (unpaired) electrons. The van der Waals surface area contributed by atoms with Crippen LogP contribution in [0.5, 0.6) is 0 Å². The number of hydrogen-bond acceptors (Lipinski definition) is 6. The Morgan fingerprint density at radius 1 is 0.931 bits per heavy atom. The fourth-order valence-electron chi connectivity index (χ4n) is 3.17. The van der Waals surface area contributed by atoms with Gasteiger partial charge in [0.1, 0.15) is 28.5 Å². The van der Waals surface area contributed by atoms with Gasteiger partial charge in [-0.15, -0.1) is 0 Å². The van der Waals surface area contributed by atoms with Crippen molar-refractivity contribution in [3.8, 4) is 23.3 Å². The molecule has 0 aliphatic heterocycles. The van der Waals surface area contributed by atoms with E-state index in [0.717, 1.165) is 26.9 Å². The van der Waals surface area contributed by atoms with Gasteiger partial charge < -0.3 is 5.73 Å². The van der Waals surface area contributed by atoms with Gasteiger partial charge in [0.25, 0.3) is 0 Å².